The van der Waals surface area contributed by atoms with Crippen molar-refractivity contribution in [3.05, 3.63) is 29.3 Å². The van der Waals surface area contributed by atoms with Crippen molar-refractivity contribution in [2.45, 2.75) is 37.6 Å². The summed E-state index contributed by atoms with van der Waals surface area (Å²) in [5.41, 5.74) is 2.55. The van der Waals surface area contributed by atoms with Gasteiger partial charge in [0.15, 0.2) is 0 Å². The summed E-state index contributed by atoms with van der Waals surface area (Å²) in [5.74, 6) is 1.02. The molecule has 1 aliphatic carbocycles. The Hall–Kier alpha value is -0.500. The maximum absolute atomic E-state index is 5.85. The zero-order valence-corrected chi connectivity index (χ0v) is 10.2. The Balaban J connectivity index is 2.02. The monoisotopic (exact) mass is 254 g/mol. The van der Waals surface area contributed by atoms with Gasteiger partial charge in [-0.1, -0.05) is 22.0 Å². The van der Waals surface area contributed by atoms with Gasteiger partial charge in [-0.3, -0.25) is 0 Å². The third-order valence-electron chi connectivity index (χ3n) is 2.54. The van der Waals surface area contributed by atoms with Gasteiger partial charge in [-0.05, 0) is 49.9 Å². The van der Waals surface area contributed by atoms with Gasteiger partial charge in [-0.2, -0.15) is 0 Å². The molecule has 1 fully saturated rings. The molecule has 0 atom stereocenters. The third kappa shape index (κ3) is 2.30. The standard InChI is InChI=1S/C12H15BrO/c1-8-3-9(2)5-11(4-8)14-12-6-10(13)7-12/h3-5,10,12H,6-7H2,1-2H3. The number of alkyl halides is 1. The van der Waals surface area contributed by atoms with E-state index in [4.69, 9.17) is 4.74 Å². The second-order valence-electron chi connectivity index (χ2n) is 4.13. The van der Waals surface area contributed by atoms with E-state index in [0.29, 0.717) is 10.9 Å². The van der Waals surface area contributed by atoms with Crippen LogP contribution in [0.4, 0.5) is 0 Å². The number of aryl methyl sites for hydroxylation is 2. The number of halogens is 1. The van der Waals surface area contributed by atoms with Gasteiger partial charge in [0.2, 0.25) is 0 Å². The van der Waals surface area contributed by atoms with E-state index < -0.39 is 0 Å². The Morgan fingerprint density at radius 1 is 1.14 bits per heavy atom. The Bertz CT molecular complexity index is 309. The van der Waals surface area contributed by atoms with Crippen LogP contribution in [-0.2, 0) is 0 Å². The Kier molecular flexibility index (Phi) is 2.82. The van der Waals surface area contributed by atoms with Crippen molar-refractivity contribution >= 4 is 15.9 Å². The van der Waals surface area contributed by atoms with Crippen LogP contribution in [0.15, 0.2) is 18.2 Å². The van der Waals surface area contributed by atoms with Crippen molar-refractivity contribution in [3.63, 3.8) is 0 Å². The lowest BCUT2D eigenvalue weighted by molar-refractivity contribution is 0.128. The summed E-state index contributed by atoms with van der Waals surface area (Å²) in [7, 11) is 0. The highest BCUT2D eigenvalue weighted by Crippen LogP contribution is 2.31. The molecule has 2 heteroatoms. The fourth-order valence-electron chi connectivity index (χ4n) is 1.79. The summed E-state index contributed by atoms with van der Waals surface area (Å²) >= 11 is 3.56. The molecule has 0 radical (unpaired) electrons. The average molecular weight is 255 g/mol. The summed E-state index contributed by atoms with van der Waals surface area (Å²) in [4.78, 5) is 0.665. The molecular formula is C12H15BrO. The molecule has 0 heterocycles. The summed E-state index contributed by atoms with van der Waals surface area (Å²) in [6.45, 7) is 4.21. The fourth-order valence-corrected chi connectivity index (χ4v) is 2.62. The highest BCUT2D eigenvalue weighted by atomic mass is 79.9. The van der Waals surface area contributed by atoms with Crippen LogP contribution in [0.5, 0.6) is 5.75 Å². The number of rotatable bonds is 2. The van der Waals surface area contributed by atoms with Crippen LogP contribution in [0.25, 0.3) is 0 Å². The first-order chi connectivity index (χ1) is 6.63. The summed E-state index contributed by atoms with van der Waals surface area (Å²) < 4.78 is 5.85. The van der Waals surface area contributed by atoms with Gasteiger partial charge in [-0.25, -0.2) is 0 Å². The summed E-state index contributed by atoms with van der Waals surface area (Å²) in [6, 6.07) is 6.38. The van der Waals surface area contributed by atoms with Gasteiger partial charge >= 0.3 is 0 Å². The number of hydrogen-bond donors (Lipinski definition) is 0. The van der Waals surface area contributed by atoms with E-state index in [1.54, 1.807) is 0 Å². The van der Waals surface area contributed by atoms with Gasteiger partial charge in [-0.15, -0.1) is 0 Å². The minimum atomic E-state index is 0.417. The molecule has 1 nitrogen and oxygen atoms in total. The molecule has 0 spiro atoms. The van der Waals surface area contributed by atoms with E-state index in [9.17, 15) is 0 Å². The molecule has 0 aliphatic heterocycles. The van der Waals surface area contributed by atoms with Crippen LogP contribution >= 0.6 is 15.9 Å². The van der Waals surface area contributed by atoms with Gasteiger partial charge < -0.3 is 4.74 Å². The van der Waals surface area contributed by atoms with Crippen LogP contribution in [0, 0.1) is 13.8 Å². The Morgan fingerprint density at radius 3 is 2.21 bits per heavy atom. The number of benzene rings is 1. The molecule has 1 aromatic rings. The molecular weight excluding hydrogens is 240 g/mol. The van der Waals surface area contributed by atoms with Crippen molar-refractivity contribution in [3.8, 4) is 5.75 Å². The minimum absolute atomic E-state index is 0.417. The number of ether oxygens (including phenoxy) is 1. The normalized spacial score (nSPS) is 25.6. The maximum atomic E-state index is 5.85. The fraction of sp³-hybridized carbons (Fsp3) is 0.500. The molecule has 2 rings (SSSR count). The predicted molar refractivity (Wildman–Crippen MR) is 62.3 cm³/mol. The van der Waals surface area contributed by atoms with Gasteiger partial charge in [0.25, 0.3) is 0 Å². The first kappa shape index (κ1) is 10.0. The second kappa shape index (κ2) is 3.93. The molecule has 0 saturated heterocycles. The van der Waals surface area contributed by atoms with E-state index in [1.807, 2.05) is 0 Å². The van der Waals surface area contributed by atoms with Crippen LogP contribution in [0.3, 0.4) is 0 Å². The first-order valence-corrected chi connectivity index (χ1v) is 5.94. The summed E-state index contributed by atoms with van der Waals surface area (Å²) in [6.07, 6.45) is 2.68. The minimum Gasteiger partial charge on any atom is -0.490 e. The van der Waals surface area contributed by atoms with Crippen molar-refractivity contribution in [1.82, 2.24) is 0 Å². The van der Waals surface area contributed by atoms with E-state index in [1.165, 1.54) is 11.1 Å². The molecule has 1 aliphatic rings. The molecule has 0 bridgehead atoms. The third-order valence-corrected chi connectivity index (χ3v) is 3.28. The Morgan fingerprint density at radius 2 is 1.71 bits per heavy atom. The lowest BCUT2D eigenvalue weighted by Crippen LogP contribution is -2.33. The lowest BCUT2D eigenvalue weighted by Gasteiger charge is -2.31. The zero-order chi connectivity index (χ0) is 10.1. The molecule has 76 valence electrons. The van der Waals surface area contributed by atoms with E-state index in [2.05, 4.69) is 48.0 Å². The number of hydrogen-bond acceptors (Lipinski definition) is 1. The van der Waals surface area contributed by atoms with Gasteiger partial charge in [0, 0.05) is 4.83 Å². The molecule has 0 amide bonds. The zero-order valence-electron chi connectivity index (χ0n) is 8.59. The van der Waals surface area contributed by atoms with Crippen LogP contribution < -0.4 is 4.74 Å². The molecule has 0 unspecified atom stereocenters. The molecule has 14 heavy (non-hydrogen) atoms. The summed E-state index contributed by atoms with van der Waals surface area (Å²) in [5, 5.41) is 0. The smallest absolute Gasteiger partial charge is 0.120 e. The SMILES string of the molecule is Cc1cc(C)cc(OC2CC(Br)C2)c1. The van der Waals surface area contributed by atoms with E-state index in [-0.39, 0.29) is 0 Å². The largest absolute Gasteiger partial charge is 0.490 e. The highest BCUT2D eigenvalue weighted by molar-refractivity contribution is 9.09. The molecule has 1 aromatic carbocycles. The van der Waals surface area contributed by atoms with E-state index >= 15 is 0 Å². The molecule has 0 N–H and O–H groups in total. The van der Waals surface area contributed by atoms with Crippen LogP contribution in [0.2, 0.25) is 0 Å². The van der Waals surface area contributed by atoms with Crippen molar-refractivity contribution in [2.75, 3.05) is 0 Å². The molecule has 0 aromatic heterocycles. The second-order valence-corrected chi connectivity index (χ2v) is 5.43. The predicted octanol–water partition coefficient (Wildman–Crippen LogP) is 3.61. The quantitative estimate of drug-likeness (QED) is 0.733. The first-order valence-electron chi connectivity index (χ1n) is 5.02. The van der Waals surface area contributed by atoms with Gasteiger partial charge in [0.1, 0.15) is 11.9 Å². The van der Waals surface area contributed by atoms with Crippen LogP contribution in [0.1, 0.15) is 24.0 Å². The van der Waals surface area contributed by atoms with E-state index in [0.717, 1.165) is 18.6 Å². The molecule has 1 saturated carbocycles. The van der Waals surface area contributed by atoms with Crippen molar-refractivity contribution in [1.29, 1.82) is 0 Å². The Labute approximate surface area is 93.6 Å². The maximum Gasteiger partial charge on any atom is 0.120 e. The lowest BCUT2D eigenvalue weighted by atomic mass is 9.96. The highest BCUT2D eigenvalue weighted by Gasteiger charge is 2.28. The van der Waals surface area contributed by atoms with Crippen LogP contribution in [-0.4, -0.2) is 10.9 Å². The van der Waals surface area contributed by atoms with Gasteiger partial charge in [0.05, 0.1) is 0 Å². The van der Waals surface area contributed by atoms with Crippen molar-refractivity contribution in [2.24, 2.45) is 0 Å². The average Bonchev–Trinajstić information content (AvgIpc) is 1.99. The topological polar surface area (TPSA) is 9.23 Å². The van der Waals surface area contributed by atoms with Crippen molar-refractivity contribution < 1.29 is 4.74 Å².